The molecule has 0 aliphatic carbocycles. The van der Waals surface area contributed by atoms with Gasteiger partial charge in [0.05, 0.1) is 36.6 Å². The second-order valence-electron chi connectivity index (χ2n) is 8.38. The van der Waals surface area contributed by atoms with Gasteiger partial charge in [0.25, 0.3) is 0 Å². The van der Waals surface area contributed by atoms with E-state index in [1.54, 1.807) is 19.2 Å². The number of aliphatic hydroxyl groups excluding tert-OH is 1. The Morgan fingerprint density at radius 1 is 1.11 bits per heavy atom. The number of aryl methyl sites for hydroxylation is 1. The molecule has 4 aromatic rings. The first kappa shape index (κ1) is 26.9. The number of halogens is 3. The third-order valence-electron chi connectivity index (χ3n) is 5.89. The number of benzene rings is 2. The summed E-state index contributed by atoms with van der Waals surface area (Å²) in [5.74, 6) is 1.95. The van der Waals surface area contributed by atoms with E-state index in [2.05, 4.69) is 27.2 Å². The Bertz CT molecular complexity index is 1380. The van der Waals surface area contributed by atoms with Gasteiger partial charge in [-0.25, -0.2) is 19.3 Å². The van der Waals surface area contributed by atoms with Gasteiger partial charge in [-0.3, -0.25) is 0 Å². The summed E-state index contributed by atoms with van der Waals surface area (Å²) in [7, 11) is 1.57. The van der Waals surface area contributed by atoms with E-state index >= 15 is 0 Å². The van der Waals surface area contributed by atoms with Gasteiger partial charge < -0.3 is 24.5 Å². The second-order valence-corrected chi connectivity index (χ2v) is 9.14. The van der Waals surface area contributed by atoms with E-state index in [1.807, 2.05) is 10.6 Å². The van der Waals surface area contributed by atoms with Crippen LogP contribution < -0.4 is 14.8 Å². The first-order valence-corrected chi connectivity index (χ1v) is 12.7. The number of anilines is 2. The van der Waals surface area contributed by atoms with Gasteiger partial charge in [0.15, 0.2) is 16.7 Å². The first-order chi connectivity index (χ1) is 17.9. The average Bonchev–Trinajstić information content (AvgIpc) is 3.20. The minimum absolute atomic E-state index is 0.00967. The highest BCUT2D eigenvalue weighted by molar-refractivity contribution is 6.31. The van der Waals surface area contributed by atoms with Gasteiger partial charge >= 0.3 is 0 Å². The van der Waals surface area contributed by atoms with Gasteiger partial charge in [0, 0.05) is 30.1 Å². The van der Waals surface area contributed by atoms with Crippen molar-refractivity contribution in [3.05, 3.63) is 64.2 Å². The number of rotatable bonds is 12. The molecule has 2 heterocycles. The lowest BCUT2D eigenvalue weighted by Gasteiger charge is -2.15. The van der Waals surface area contributed by atoms with Crippen LogP contribution in [0.2, 0.25) is 10.2 Å². The molecule has 0 amide bonds. The molecule has 8 nitrogen and oxygen atoms in total. The number of aliphatic hydroxyl groups is 1. The molecule has 0 saturated carbocycles. The molecule has 0 aliphatic rings. The third-order valence-corrected chi connectivity index (χ3v) is 6.49. The summed E-state index contributed by atoms with van der Waals surface area (Å²) in [6.07, 6.45) is 4.92. The molecule has 2 N–H and O–H groups in total. The van der Waals surface area contributed by atoms with Gasteiger partial charge in [-0.15, -0.1) is 0 Å². The van der Waals surface area contributed by atoms with E-state index < -0.39 is 5.82 Å². The minimum Gasteiger partial charge on any atom is -0.493 e. The van der Waals surface area contributed by atoms with Crippen molar-refractivity contribution < 1.29 is 19.0 Å². The largest absolute Gasteiger partial charge is 0.493 e. The van der Waals surface area contributed by atoms with E-state index in [1.165, 1.54) is 18.5 Å². The third kappa shape index (κ3) is 6.23. The molecular weight excluding hydrogens is 520 g/mol. The summed E-state index contributed by atoms with van der Waals surface area (Å²) in [4.78, 5) is 13.1. The van der Waals surface area contributed by atoms with Gasteiger partial charge in [0.2, 0.25) is 0 Å². The van der Waals surface area contributed by atoms with Crippen molar-refractivity contribution in [3.63, 3.8) is 0 Å². The van der Waals surface area contributed by atoms with Crippen LogP contribution in [0, 0.1) is 5.82 Å². The van der Waals surface area contributed by atoms with Crippen LogP contribution in [-0.4, -0.2) is 38.3 Å². The number of hydrogen-bond donors (Lipinski definition) is 2. The van der Waals surface area contributed by atoms with Crippen LogP contribution in [0.15, 0.2) is 36.7 Å². The summed E-state index contributed by atoms with van der Waals surface area (Å²) in [6.45, 7) is 2.94. The number of unbranched alkanes of at least 4 members (excludes halogenated alkanes) is 1. The highest BCUT2D eigenvalue weighted by atomic mass is 35.5. The van der Waals surface area contributed by atoms with E-state index in [0.717, 1.165) is 25.1 Å². The monoisotopic (exact) mass is 547 g/mol. The molecule has 0 fully saturated rings. The van der Waals surface area contributed by atoms with Crippen LogP contribution >= 0.6 is 23.2 Å². The first-order valence-electron chi connectivity index (χ1n) is 12.0. The molecule has 0 radical (unpaired) electrons. The molecule has 196 valence electrons. The van der Waals surface area contributed by atoms with E-state index in [9.17, 15) is 9.50 Å². The lowest BCUT2D eigenvalue weighted by atomic mass is 10.2. The molecule has 0 aliphatic heterocycles. The van der Waals surface area contributed by atoms with Crippen LogP contribution in [0.25, 0.3) is 10.9 Å². The highest BCUT2D eigenvalue weighted by Gasteiger charge is 2.16. The number of hydrogen-bond acceptors (Lipinski definition) is 7. The van der Waals surface area contributed by atoms with Crippen LogP contribution in [0.1, 0.15) is 37.7 Å². The zero-order valence-electron chi connectivity index (χ0n) is 20.6. The quantitative estimate of drug-likeness (QED) is 0.200. The van der Waals surface area contributed by atoms with Crippen molar-refractivity contribution in [2.75, 3.05) is 19.0 Å². The summed E-state index contributed by atoms with van der Waals surface area (Å²) in [5, 5.41) is 14.0. The molecule has 4 rings (SSSR count). The van der Waals surface area contributed by atoms with Crippen LogP contribution in [0.4, 0.5) is 15.9 Å². The van der Waals surface area contributed by atoms with Crippen LogP contribution in [0.3, 0.4) is 0 Å². The summed E-state index contributed by atoms with van der Waals surface area (Å²) < 4.78 is 27.2. The molecule has 0 bridgehead atoms. The number of nitrogens with one attached hydrogen (secondary N) is 1. The fraction of sp³-hybridized carbons (Fsp3) is 0.346. The van der Waals surface area contributed by atoms with Gasteiger partial charge in [-0.2, -0.15) is 0 Å². The van der Waals surface area contributed by atoms with E-state index in [0.29, 0.717) is 64.3 Å². The zero-order valence-corrected chi connectivity index (χ0v) is 22.1. The highest BCUT2D eigenvalue weighted by Crippen LogP contribution is 2.35. The summed E-state index contributed by atoms with van der Waals surface area (Å²) in [6, 6.07) is 7.94. The van der Waals surface area contributed by atoms with Gasteiger partial charge in [-0.1, -0.05) is 36.5 Å². The van der Waals surface area contributed by atoms with Crippen molar-refractivity contribution in [1.29, 1.82) is 0 Å². The smallest absolute Gasteiger partial charge is 0.162 e. The Balaban J connectivity index is 1.51. The fourth-order valence-electron chi connectivity index (χ4n) is 4.00. The maximum atomic E-state index is 13.6. The molecule has 0 atom stereocenters. The van der Waals surface area contributed by atoms with E-state index in [-0.39, 0.29) is 11.6 Å². The molecule has 0 saturated heterocycles. The Morgan fingerprint density at radius 2 is 1.95 bits per heavy atom. The molecule has 0 unspecified atom stereocenters. The summed E-state index contributed by atoms with van der Waals surface area (Å²) in [5.41, 5.74) is 1.85. The SMILES string of the molecule is CCCCc1nc(Cl)c(CO)n1CCCOc1cc2c(Nc3ccc(F)c(Cl)c3)ncnc2cc1OC. The topological polar surface area (TPSA) is 94.3 Å². The Hall–Kier alpha value is -3.14. The lowest BCUT2D eigenvalue weighted by Crippen LogP contribution is -2.11. The molecule has 37 heavy (non-hydrogen) atoms. The maximum Gasteiger partial charge on any atom is 0.162 e. The lowest BCUT2D eigenvalue weighted by molar-refractivity contribution is 0.261. The van der Waals surface area contributed by atoms with Crippen LogP contribution in [0.5, 0.6) is 11.5 Å². The molecule has 2 aromatic heterocycles. The molecule has 2 aromatic carbocycles. The number of imidazole rings is 1. The number of ether oxygens (including phenoxy) is 2. The fourth-order valence-corrected chi connectivity index (χ4v) is 4.44. The maximum absolute atomic E-state index is 13.6. The van der Waals surface area contributed by atoms with Crippen LogP contribution in [-0.2, 0) is 19.6 Å². The van der Waals surface area contributed by atoms with Crippen molar-refractivity contribution in [3.8, 4) is 11.5 Å². The second kappa shape index (κ2) is 12.4. The predicted octanol–water partition coefficient (Wildman–Crippen LogP) is 6.33. The Kier molecular flexibility index (Phi) is 9.02. The van der Waals surface area contributed by atoms with Crippen molar-refractivity contribution in [1.82, 2.24) is 19.5 Å². The number of aromatic nitrogens is 4. The Morgan fingerprint density at radius 3 is 2.68 bits per heavy atom. The van der Waals surface area contributed by atoms with Gasteiger partial charge in [0.1, 0.15) is 23.8 Å². The zero-order chi connectivity index (χ0) is 26.4. The molecular formula is C26H28Cl2FN5O3. The number of methoxy groups -OCH3 is 1. The average molecular weight is 548 g/mol. The Labute approximate surface area is 224 Å². The predicted molar refractivity (Wildman–Crippen MR) is 143 cm³/mol. The number of nitrogens with zero attached hydrogens (tertiary/aromatic N) is 4. The summed E-state index contributed by atoms with van der Waals surface area (Å²) >= 11 is 12.2. The molecule has 11 heteroatoms. The van der Waals surface area contributed by atoms with Gasteiger partial charge in [-0.05, 0) is 37.1 Å². The normalized spacial score (nSPS) is 11.2. The van der Waals surface area contributed by atoms with Crippen molar-refractivity contribution in [2.45, 2.75) is 45.8 Å². The van der Waals surface area contributed by atoms with Crippen molar-refractivity contribution >= 4 is 45.6 Å². The van der Waals surface area contributed by atoms with E-state index in [4.69, 9.17) is 32.7 Å². The molecule has 0 spiro atoms. The standard InChI is InChI=1S/C26H28Cl2FN5O3/c1-3-4-6-24-33-25(28)21(14-35)34(24)9-5-10-37-23-12-17-20(13-22(23)36-2)30-15-31-26(17)32-16-7-8-19(29)18(27)11-16/h7-8,11-13,15,35H,3-6,9-10,14H2,1-2H3,(H,30,31,32). The van der Waals surface area contributed by atoms with Crippen molar-refractivity contribution in [2.24, 2.45) is 0 Å². The minimum atomic E-state index is -0.498. The number of fused-ring (bicyclic) bond motifs is 1.